The average Bonchev–Trinajstić information content (AvgIpc) is 2.24. The first kappa shape index (κ1) is 10.7. The van der Waals surface area contributed by atoms with E-state index in [1.165, 1.54) is 6.20 Å². The Morgan fingerprint density at radius 2 is 2.31 bits per heavy atom. The first-order valence-corrected chi connectivity index (χ1v) is 5.04. The van der Waals surface area contributed by atoms with Gasteiger partial charge in [-0.3, -0.25) is 0 Å². The summed E-state index contributed by atoms with van der Waals surface area (Å²) in [6.07, 6.45) is 1.51. The summed E-state index contributed by atoms with van der Waals surface area (Å²) in [6, 6.07) is 3.85. The maximum absolute atomic E-state index is 8.98. The van der Waals surface area contributed by atoms with Gasteiger partial charge in [0.05, 0.1) is 16.9 Å². The molecule has 0 saturated carbocycles. The molecule has 1 fully saturated rings. The molecule has 2 N–H and O–H groups in total. The largest absolute Gasteiger partial charge is 0.384 e. The second kappa shape index (κ2) is 3.65. The predicted molar refractivity (Wildman–Crippen MR) is 61.0 cm³/mol. The third-order valence-electron chi connectivity index (χ3n) is 2.91. The van der Waals surface area contributed by atoms with Crippen molar-refractivity contribution in [1.82, 2.24) is 4.98 Å². The Bertz CT molecular complexity index is 446. The van der Waals surface area contributed by atoms with Gasteiger partial charge in [-0.15, -0.1) is 0 Å². The number of anilines is 2. The third kappa shape index (κ3) is 1.68. The normalized spacial score (nSPS) is 17.7. The lowest BCUT2D eigenvalue weighted by atomic mass is 9.95. The molecule has 84 valence electrons. The Morgan fingerprint density at radius 1 is 1.62 bits per heavy atom. The number of hydrogen-bond donors (Lipinski definition) is 1. The van der Waals surface area contributed by atoms with E-state index in [2.05, 4.69) is 16.0 Å². The summed E-state index contributed by atoms with van der Waals surface area (Å²) in [5.41, 5.74) is 6.89. The maximum Gasteiger partial charge on any atom is 0.125 e. The van der Waals surface area contributed by atoms with E-state index in [9.17, 15) is 0 Å². The molecule has 0 spiro atoms. The minimum Gasteiger partial charge on any atom is -0.384 e. The van der Waals surface area contributed by atoms with E-state index >= 15 is 0 Å². The van der Waals surface area contributed by atoms with Crippen molar-refractivity contribution in [3.63, 3.8) is 0 Å². The fourth-order valence-electron chi connectivity index (χ4n) is 1.87. The van der Waals surface area contributed by atoms with Gasteiger partial charge < -0.3 is 15.4 Å². The standard InChI is InChI=1S/C11H14N4O/c1-11(16-2)6-15(7-11)9-3-10(13)14-5-8(9)4-12/h3,5H,6-7H2,1-2H3,(H2,13,14). The molecular weight excluding hydrogens is 204 g/mol. The Hall–Kier alpha value is -1.80. The van der Waals surface area contributed by atoms with Crippen LogP contribution in [0.25, 0.3) is 0 Å². The maximum atomic E-state index is 8.98. The monoisotopic (exact) mass is 218 g/mol. The van der Waals surface area contributed by atoms with E-state index < -0.39 is 0 Å². The van der Waals surface area contributed by atoms with Crippen LogP contribution in [-0.2, 0) is 4.74 Å². The highest BCUT2D eigenvalue weighted by atomic mass is 16.5. The van der Waals surface area contributed by atoms with Crippen molar-refractivity contribution < 1.29 is 4.74 Å². The molecule has 5 nitrogen and oxygen atoms in total. The predicted octanol–water partition coefficient (Wildman–Crippen LogP) is 0.761. The van der Waals surface area contributed by atoms with Gasteiger partial charge in [-0.05, 0) is 6.92 Å². The quantitative estimate of drug-likeness (QED) is 0.793. The van der Waals surface area contributed by atoms with Crippen LogP contribution in [0.1, 0.15) is 12.5 Å². The summed E-state index contributed by atoms with van der Waals surface area (Å²) in [7, 11) is 1.70. The summed E-state index contributed by atoms with van der Waals surface area (Å²) in [4.78, 5) is 5.97. The molecule has 0 atom stereocenters. The second-order valence-corrected chi connectivity index (χ2v) is 4.25. The topological polar surface area (TPSA) is 75.2 Å². The molecule has 16 heavy (non-hydrogen) atoms. The second-order valence-electron chi connectivity index (χ2n) is 4.25. The first-order chi connectivity index (χ1) is 7.58. The van der Waals surface area contributed by atoms with Gasteiger partial charge in [-0.1, -0.05) is 0 Å². The van der Waals surface area contributed by atoms with Crippen LogP contribution in [0.15, 0.2) is 12.3 Å². The van der Waals surface area contributed by atoms with Crippen LogP contribution >= 0.6 is 0 Å². The van der Waals surface area contributed by atoms with E-state index in [-0.39, 0.29) is 5.60 Å². The number of hydrogen-bond acceptors (Lipinski definition) is 5. The van der Waals surface area contributed by atoms with E-state index in [1.54, 1.807) is 13.2 Å². The SMILES string of the molecule is COC1(C)CN(c2cc(N)ncc2C#N)C1. The summed E-state index contributed by atoms with van der Waals surface area (Å²) >= 11 is 0. The summed E-state index contributed by atoms with van der Waals surface area (Å²) in [5, 5.41) is 8.98. The molecule has 0 radical (unpaired) electrons. The molecule has 1 aliphatic heterocycles. The lowest BCUT2D eigenvalue weighted by Crippen LogP contribution is -2.61. The number of nitrogens with two attached hydrogens (primary N) is 1. The molecule has 0 aliphatic carbocycles. The third-order valence-corrected chi connectivity index (χ3v) is 2.91. The summed E-state index contributed by atoms with van der Waals surface area (Å²) < 4.78 is 5.36. The fourth-order valence-corrected chi connectivity index (χ4v) is 1.87. The molecule has 5 heteroatoms. The molecule has 1 aromatic rings. The number of pyridine rings is 1. The minimum absolute atomic E-state index is 0.120. The zero-order valence-corrected chi connectivity index (χ0v) is 9.40. The highest BCUT2D eigenvalue weighted by molar-refractivity contribution is 5.64. The van der Waals surface area contributed by atoms with Gasteiger partial charge >= 0.3 is 0 Å². The highest BCUT2D eigenvalue weighted by Gasteiger charge is 2.39. The number of rotatable bonds is 2. The van der Waals surface area contributed by atoms with Crippen LogP contribution in [0.5, 0.6) is 0 Å². The average molecular weight is 218 g/mol. The lowest BCUT2D eigenvalue weighted by molar-refractivity contribution is -0.0167. The Balaban J connectivity index is 2.23. The molecule has 0 unspecified atom stereocenters. The van der Waals surface area contributed by atoms with Crippen molar-refractivity contribution in [2.75, 3.05) is 30.8 Å². The highest BCUT2D eigenvalue weighted by Crippen LogP contribution is 2.32. The van der Waals surface area contributed by atoms with Gasteiger partial charge in [0, 0.05) is 32.5 Å². The smallest absolute Gasteiger partial charge is 0.125 e. The molecule has 1 aromatic heterocycles. The van der Waals surface area contributed by atoms with Gasteiger partial charge in [0.2, 0.25) is 0 Å². The fraction of sp³-hybridized carbons (Fsp3) is 0.455. The number of nitrogen functional groups attached to an aromatic ring is 1. The van der Waals surface area contributed by atoms with Gasteiger partial charge in [-0.2, -0.15) is 5.26 Å². The van der Waals surface area contributed by atoms with Crippen molar-refractivity contribution in [2.45, 2.75) is 12.5 Å². The Kier molecular flexibility index (Phi) is 2.44. The number of nitrogens with zero attached hydrogens (tertiary/aromatic N) is 3. The van der Waals surface area contributed by atoms with E-state index in [4.69, 9.17) is 15.7 Å². The number of aromatic nitrogens is 1. The van der Waals surface area contributed by atoms with Crippen LogP contribution in [0, 0.1) is 11.3 Å². The van der Waals surface area contributed by atoms with Gasteiger partial charge in [0.25, 0.3) is 0 Å². The van der Waals surface area contributed by atoms with E-state index in [0.717, 1.165) is 18.8 Å². The molecule has 2 heterocycles. The number of ether oxygens (including phenoxy) is 1. The van der Waals surface area contributed by atoms with Crippen LogP contribution in [0.4, 0.5) is 11.5 Å². The van der Waals surface area contributed by atoms with Crippen molar-refractivity contribution in [1.29, 1.82) is 5.26 Å². The minimum atomic E-state index is -0.120. The van der Waals surface area contributed by atoms with Gasteiger partial charge in [0.1, 0.15) is 11.9 Å². The lowest BCUT2D eigenvalue weighted by Gasteiger charge is -2.48. The molecule has 1 aliphatic rings. The van der Waals surface area contributed by atoms with Crippen LogP contribution in [-0.4, -0.2) is 30.8 Å². The molecule has 0 aromatic carbocycles. The van der Waals surface area contributed by atoms with Gasteiger partial charge in [-0.25, -0.2) is 4.98 Å². The zero-order valence-electron chi connectivity index (χ0n) is 9.40. The first-order valence-electron chi connectivity index (χ1n) is 5.04. The van der Waals surface area contributed by atoms with Crippen LogP contribution in [0.3, 0.4) is 0 Å². The summed E-state index contributed by atoms with van der Waals surface area (Å²) in [5.74, 6) is 0.431. The van der Waals surface area contributed by atoms with E-state index in [1.807, 2.05) is 6.92 Å². The molecule has 2 rings (SSSR count). The number of methoxy groups -OCH3 is 1. The Labute approximate surface area is 94.4 Å². The molecular formula is C11H14N4O. The number of nitriles is 1. The Morgan fingerprint density at radius 3 is 2.88 bits per heavy atom. The van der Waals surface area contributed by atoms with Crippen molar-refractivity contribution in [3.05, 3.63) is 17.8 Å². The van der Waals surface area contributed by atoms with Crippen LogP contribution in [0.2, 0.25) is 0 Å². The molecule has 0 amide bonds. The van der Waals surface area contributed by atoms with Crippen molar-refractivity contribution in [3.8, 4) is 6.07 Å². The van der Waals surface area contributed by atoms with Crippen LogP contribution < -0.4 is 10.6 Å². The molecule has 0 bridgehead atoms. The molecule has 1 saturated heterocycles. The summed E-state index contributed by atoms with van der Waals surface area (Å²) in [6.45, 7) is 3.57. The van der Waals surface area contributed by atoms with Crippen molar-refractivity contribution in [2.24, 2.45) is 0 Å². The van der Waals surface area contributed by atoms with E-state index in [0.29, 0.717) is 11.4 Å². The van der Waals surface area contributed by atoms with Crippen molar-refractivity contribution >= 4 is 11.5 Å². The zero-order chi connectivity index (χ0) is 11.8. The van der Waals surface area contributed by atoms with Gasteiger partial charge in [0.15, 0.2) is 0 Å².